The molecule has 2 rings (SSSR count). The first kappa shape index (κ1) is 15.9. The van der Waals surface area contributed by atoms with Crippen LogP contribution in [0.2, 0.25) is 15.1 Å². The van der Waals surface area contributed by atoms with E-state index in [1.54, 1.807) is 12.1 Å². The van der Waals surface area contributed by atoms with Gasteiger partial charge in [-0.2, -0.15) is 5.26 Å². The molecule has 1 aromatic carbocycles. The SMILES string of the molecule is CC(C)(C)N1C[C@@H](C#N)[C@H](c2cc(Cl)c(Cl)cc2Cl)C1. The highest BCUT2D eigenvalue weighted by atomic mass is 35.5. The molecule has 0 saturated carbocycles. The van der Waals surface area contributed by atoms with Gasteiger partial charge in [0.1, 0.15) is 0 Å². The van der Waals surface area contributed by atoms with Gasteiger partial charge in [0.25, 0.3) is 0 Å². The van der Waals surface area contributed by atoms with Gasteiger partial charge in [-0.15, -0.1) is 0 Å². The average Bonchev–Trinajstić information content (AvgIpc) is 2.77. The average molecular weight is 332 g/mol. The summed E-state index contributed by atoms with van der Waals surface area (Å²) in [6, 6.07) is 5.86. The Labute approximate surface area is 135 Å². The molecule has 1 saturated heterocycles. The third-order valence-corrected chi connectivity index (χ3v) is 4.92. The van der Waals surface area contributed by atoms with E-state index in [1.165, 1.54) is 0 Å². The molecule has 1 heterocycles. The molecule has 1 fully saturated rings. The number of rotatable bonds is 1. The number of halogens is 3. The summed E-state index contributed by atoms with van der Waals surface area (Å²) in [5.41, 5.74) is 0.950. The largest absolute Gasteiger partial charge is 0.297 e. The van der Waals surface area contributed by atoms with Gasteiger partial charge in [0.15, 0.2) is 0 Å². The lowest BCUT2D eigenvalue weighted by atomic mass is 9.90. The molecule has 2 atom stereocenters. The monoisotopic (exact) mass is 330 g/mol. The molecule has 0 aromatic heterocycles. The van der Waals surface area contributed by atoms with Gasteiger partial charge in [-0.1, -0.05) is 34.8 Å². The molecule has 108 valence electrons. The van der Waals surface area contributed by atoms with Crippen LogP contribution in [0.5, 0.6) is 0 Å². The first-order valence-corrected chi connectivity index (χ1v) is 7.66. The Morgan fingerprint density at radius 3 is 2.25 bits per heavy atom. The van der Waals surface area contributed by atoms with E-state index in [1.807, 2.05) is 0 Å². The van der Waals surface area contributed by atoms with Crippen LogP contribution in [0.25, 0.3) is 0 Å². The molecule has 0 radical (unpaired) electrons. The standard InChI is InChI=1S/C15H17Cl3N2/c1-15(2,3)20-7-9(6-19)11(8-20)10-4-13(17)14(18)5-12(10)16/h4-5,9,11H,7-8H2,1-3H3/t9-,11-/m1/s1. The summed E-state index contributed by atoms with van der Waals surface area (Å²) in [6.45, 7) is 8.02. The fraction of sp³-hybridized carbons (Fsp3) is 0.533. The molecule has 0 unspecified atom stereocenters. The van der Waals surface area contributed by atoms with Crippen molar-refractivity contribution in [3.63, 3.8) is 0 Å². The lowest BCUT2D eigenvalue weighted by Gasteiger charge is -2.31. The van der Waals surface area contributed by atoms with E-state index in [0.717, 1.165) is 18.7 Å². The lowest BCUT2D eigenvalue weighted by Crippen LogP contribution is -2.39. The van der Waals surface area contributed by atoms with Gasteiger partial charge in [0.2, 0.25) is 0 Å². The Morgan fingerprint density at radius 2 is 1.70 bits per heavy atom. The van der Waals surface area contributed by atoms with E-state index in [0.29, 0.717) is 15.1 Å². The molecular formula is C15H17Cl3N2. The molecule has 1 aliphatic rings. The molecule has 0 spiro atoms. The van der Waals surface area contributed by atoms with Crippen molar-refractivity contribution >= 4 is 34.8 Å². The normalized spacial score (nSPS) is 23.9. The first-order valence-electron chi connectivity index (χ1n) is 6.53. The van der Waals surface area contributed by atoms with E-state index in [2.05, 4.69) is 31.7 Å². The smallest absolute Gasteiger partial charge is 0.0676 e. The second-order valence-corrected chi connectivity index (χ2v) is 7.43. The summed E-state index contributed by atoms with van der Waals surface area (Å²) >= 11 is 18.4. The van der Waals surface area contributed by atoms with Crippen molar-refractivity contribution in [2.24, 2.45) is 5.92 Å². The first-order chi connectivity index (χ1) is 9.24. The molecule has 1 aromatic rings. The Morgan fingerprint density at radius 1 is 1.10 bits per heavy atom. The minimum absolute atomic E-state index is 0.0343. The van der Waals surface area contributed by atoms with Gasteiger partial charge < -0.3 is 0 Å². The quantitative estimate of drug-likeness (QED) is 0.678. The predicted octanol–water partition coefficient (Wildman–Crippen LogP) is 4.98. The Bertz CT molecular complexity index is 557. The van der Waals surface area contributed by atoms with E-state index in [-0.39, 0.29) is 17.4 Å². The summed E-state index contributed by atoms with van der Waals surface area (Å²) in [4.78, 5) is 2.31. The van der Waals surface area contributed by atoms with Crippen LogP contribution < -0.4 is 0 Å². The second kappa shape index (κ2) is 5.73. The fourth-order valence-electron chi connectivity index (χ4n) is 2.62. The summed E-state index contributed by atoms with van der Waals surface area (Å²) in [5, 5.41) is 10.9. The lowest BCUT2D eigenvalue weighted by molar-refractivity contribution is 0.170. The molecule has 2 nitrogen and oxygen atoms in total. The Hall–Kier alpha value is -0.460. The van der Waals surface area contributed by atoms with Crippen molar-refractivity contribution in [2.45, 2.75) is 32.2 Å². The summed E-state index contributed by atoms with van der Waals surface area (Å²) in [5.74, 6) is -0.00883. The molecule has 5 heteroatoms. The van der Waals surface area contributed by atoms with Crippen LogP contribution in [0.4, 0.5) is 0 Å². The van der Waals surface area contributed by atoms with Gasteiger partial charge in [0.05, 0.1) is 22.0 Å². The number of hydrogen-bond acceptors (Lipinski definition) is 2. The molecule has 1 aliphatic heterocycles. The summed E-state index contributed by atoms with van der Waals surface area (Å²) in [6.07, 6.45) is 0. The van der Waals surface area contributed by atoms with Gasteiger partial charge in [-0.25, -0.2) is 0 Å². The third kappa shape index (κ3) is 3.07. The number of nitrogens with zero attached hydrogens (tertiary/aromatic N) is 2. The summed E-state index contributed by atoms with van der Waals surface area (Å²) < 4.78 is 0. The second-order valence-electron chi connectivity index (χ2n) is 6.21. The van der Waals surface area contributed by atoms with Crippen LogP contribution in [-0.4, -0.2) is 23.5 Å². The van der Waals surface area contributed by atoms with Crippen LogP contribution in [0.1, 0.15) is 32.3 Å². The molecule has 0 bridgehead atoms. The minimum Gasteiger partial charge on any atom is -0.297 e. The predicted molar refractivity (Wildman–Crippen MR) is 84.6 cm³/mol. The number of hydrogen-bond donors (Lipinski definition) is 0. The number of benzene rings is 1. The van der Waals surface area contributed by atoms with E-state index < -0.39 is 0 Å². The van der Waals surface area contributed by atoms with Crippen LogP contribution in [0.3, 0.4) is 0 Å². The third-order valence-electron chi connectivity index (χ3n) is 3.87. The van der Waals surface area contributed by atoms with Gasteiger partial charge in [0, 0.05) is 29.6 Å². The molecule has 0 amide bonds. The zero-order valence-electron chi connectivity index (χ0n) is 11.8. The Balaban J connectivity index is 2.37. The maximum absolute atomic E-state index is 9.42. The van der Waals surface area contributed by atoms with Crippen LogP contribution in [0, 0.1) is 17.2 Å². The summed E-state index contributed by atoms with van der Waals surface area (Å²) in [7, 11) is 0. The highest BCUT2D eigenvalue weighted by molar-refractivity contribution is 6.43. The highest BCUT2D eigenvalue weighted by Gasteiger charge is 2.39. The zero-order chi connectivity index (χ0) is 15.1. The van der Waals surface area contributed by atoms with Gasteiger partial charge in [-0.3, -0.25) is 4.90 Å². The van der Waals surface area contributed by atoms with Crippen molar-refractivity contribution in [1.29, 1.82) is 5.26 Å². The number of nitriles is 1. The highest BCUT2D eigenvalue weighted by Crippen LogP contribution is 2.41. The van der Waals surface area contributed by atoms with Gasteiger partial charge >= 0.3 is 0 Å². The number of likely N-dealkylation sites (tertiary alicyclic amines) is 1. The van der Waals surface area contributed by atoms with Crippen LogP contribution in [-0.2, 0) is 0 Å². The zero-order valence-corrected chi connectivity index (χ0v) is 14.0. The molecular weight excluding hydrogens is 315 g/mol. The van der Waals surface area contributed by atoms with Crippen LogP contribution in [0.15, 0.2) is 12.1 Å². The molecule has 0 aliphatic carbocycles. The molecule has 20 heavy (non-hydrogen) atoms. The van der Waals surface area contributed by atoms with Crippen molar-refractivity contribution in [3.05, 3.63) is 32.8 Å². The van der Waals surface area contributed by atoms with E-state index in [9.17, 15) is 5.26 Å². The van der Waals surface area contributed by atoms with E-state index in [4.69, 9.17) is 34.8 Å². The maximum Gasteiger partial charge on any atom is 0.0676 e. The Kier molecular flexibility index (Phi) is 4.56. The van der Waals surface area contributed by atoms with Crippen LogP contribution >= 0.6 is 34.8 Å². The molecule has 0 N–H and O–H groups in total. The fourth-order valence-corrected chi connectivity index (χ4v) is 3.32. The maximum atomic E-state index is 9.42. The van der Waals surface area contributed by atoms with Crippen molar-refractivity contribution in [3.8, 4) is 6.07 Å². The van der Waals surface area contributed by atoms with Crippen molar-refractivity contribution < 1.29 is 0 Å². The van der Waals surface area contributed by atoms with E-state index >= 15 is 0 Å². The van der Waals surface area contributed by atoms with Gasteiger partial charge in [-0.05, 0) is 38.5 Å². The minimum atomic E-state index is -0.0797. The topological polar surface area (TPSA) is 27.0 Å². The van der Waals surface area contributed by atoms with Crippen molar-refractivity contribution in [2.75, 3.05) is 13.1 Å². The van der Waals surface area contributed by atoms with Crippen molar-refractivity contribution in [1.82, 2.24) is 4.90 Å².